The van der Waals surface area contributed by atoms with Crippen molar-refractivity contribution in [2.75, 3.05) is 31.6 Å². The van der Waals surface area contributed by atoms with E-state index < -0.39 is 9.84 Å². The first-order valence-corrected chi connectivity index (χ1v) is 9.88. The van der Waals surface area contributed by atoms with Crippen LogP contribution in [-0.4, -0.2) is 46.0 Å². The van der Waals surface area contributed by atoms with Gasteiger partial charge in [-0.2, -0.15) is 0 Å². The Balaban J connectivity index is 3.63. The minimum atomic E-state index is -2.91. The molecule has 0 rings (SSSR count). The molecule has 0 aromatic rings. The van der Waals surface area contributed by atoms with Crippen molar-refractivity contribution in [3.63, 3.8) is 0 Å². The average Bonchev–Trinajstić information content (AvgIpc) is 2.43. The van der Waals surface area contributed by atoms with Gasteiger partial charge in [0.2, 0.25) is 0 Å². The van der Waals surface area contributed by atoms with Gasteiger partial charge in [0.1, 0.15) is 0 Å². The number of nitrogens with one attached hydrogen (secondary N) is 2. The highest BCUT2D eigenvalue weighted by Crippen LogP contribution is 2.08. The average molecular weight is 320 g/mol. The Morgan fingerprint density at radius 2 is 1.67 bits per heavy atom. The van der Waals surface area contributed by atoms with Gasteiger partial charge in [0.25, 0.3) is 0 Å². The Morgan fingerprint density at radius 1 is 1.05 bits per heavy atom. The number of rotatable bonds is 11. The van der Waals surface area contributed by atoms with Crippen LogP contribution in [0.4, 0.5) is 0 Å². The summed E-state index contributed by atoms with van der Waals surface area (Å²) in [5.41, 5.74) is 0. The molecule has 2 N–H and O–H groups in total. The fraction of sp³-hybridized carbons (Fsp3) is 0.933. The lowest BCUT2D eigenvalue weighted by molar-refractivity contribution is 0.518. The molecule has 0 unspecified atom stereocenters. The van der Waals surface area contributed by atoms with E-state index in [1.807, 2.05) is 0 Å². The molecule has 126 valence electrons. The maximum Gasteiger partial charge on any atom is 0.191 e. The molecule has 0 aliphatic rings. The lowest BCUT2D eigenvalue weighted by atomic mass is 10.0. The van der Waals surface area contributed by atoms with Crippen LogP contribution in [0.2, 0.25) is 0 Å². The minimum absolute atomic E-state index is 0.152. The number of nitrogens with zero attached hydrogens (tertiary/aromatic N) is 1. The van der Waals surface area contributed by atoms with Gasteiger partial charge >= 0.3 is 0 Å². The SMILES string of the molecule is CCS(=O)(=O)CCNC(=NC)NCCCCCCC(C)C. The second-order valence-electron chi connectivity index (χ2n) is 5.76. The van der Waals surface area contributed by atoms with E-state index in [0.29, 0.717) is 12.5 Å². The van der Waals surface area contributed by atoms with Gasteiger partial charge in [0.15, 0.2) is 15.8 Å². The van der Waals surface area contributed by atoms with Crippen LogP contribution in [0, 0.1) is 5.92 Å². The Morgan fingerprint density at radius 3 is 2.24 bits per heavy atom. The Kier molecular flexibility index (Phi) is 11.4. The summed E-state index contributed by atoms with van der Waals surface area (Å²) in [4.78, 5) is 4.09. The van der Waals surface area contributed by atoms with Crippen LogP contribution in [0.15, 0.2) is 4.99 Å². The number of hydrogen-bond donors (Lipinski definition) is 2. The van der Waals surface area contributed by atoms with Crippen molar-refractivity contribution in [1.82, 2.24) is 10.6 Å². The van der Waals surface area contributed by atoms with Crippen LogP contribution in [0.5, 0.6) is 0 Å². The van der Waals surface area contributed by atoms with Crippen molar-refractivity contribution < 1.29 is 8.42 Å². The molecule has 0 spiro atoms. The van der Waals surface area contributed by atoms with E-state index in [0.717, 1.165) is 18.9 Å². The summed E-state index contributed by atoms with van der Waals surface area (Å²) < 4.78 is 22.8. The molecule has 0 fully saturated rings. The molecule has 0 aliphatic carbocycles. The zero-order chi connectivity index (χ0) is 16.1. The third-order valence-corrected chi connectivity index (χ3v) is 5.08. The lowest BCUT2D eigenvalue weighted by Gasteiger charge is -2.11. The van der Waals surface area contributed by atoms with E-state index >= 15 is 0 Å². The second-order valence-corrected chi connectivity index (χ2v) is 8.23. The van der Waals surface area contributed by atoms with Crippen molar-refractivity contribution in [2.24, 2.45) is 10.9 Å². The Labute approximate surface area is 130 Å². The number of aliphatic imine (C=N–C) groups is 1. The molecule has 0 radical (unpaired) electrons. The molecule has 5 nitrogen and oxygen atoms in total. The summed E-state index contributed by atoms with van der Waals surface area (Å²) >= 11 is 0. The smallest absolute Gasteiger partial charge is 0.191 e. The monoisotopic (exact) mass is 319 g/mol. The summed E-state index contributed by atoms with van der Waals surface area (Å²) in [6.45, 7) is 7.47. The minimum Gasteiger partial charge on any atom is -0.356 e. The quantitative estimate of drug-likeness (QED) is 0.348. The van der Waals surface area contributed by atoms with Crippen LogP contribution in [0.1, 0.15) is 52.9 Å². The van der Waals surface area contributed by atoms with Gasteiger partial charge in [0.05, 0.1) is 5.75 Å². The van der Waals surface area contributed by atoms with Crippen LogP contribution in [-0.2, 0) is 9.84 Å². The number of guanidine groups is 1. The number of sulfone groups is 1. The first-order valence-electron chi connectivity index (χ1n) is 8.06. The van der Waals surface area contributed by atoms with Crippen LogP contribution in [0.3, 0.4) is 0 Å². The van der Waals surface area contributed by atoms with Crippen LogP contribution < -0.4 is 10.6 Å². The van der Waals surface area contributed by atoms with Gasteiger partial charge in [-0.25, -0.2) is 8.42 Å². The largest absolute Gasteiger partial charge is 0.356 e. The van der Waals surface area contributed by atoms with Gasteiger partial charge in [0, 0.05) is 25.9 Å². The molecule has 0 aliphatic heterocycles. The van der Waals surface area contributed by atoms with Crippen LogP contribution >= 0.6 is 0 Å². The first kappa shape index (κ1) is 20.2. The highest BCUT2D eigenvalue weighted by Gasteiger charge is 2.07. The highest BCUT2D eigenvalue weighted by molar-refractivity contribution is 7.91. The third kappa shape index (κ3) is 12.7. The van der Waals surface area contributed by atoms with E-state index in [1.165, 1.54) is 25.7 Å². The molecule has 0 heterocycles. The highest BCUT2D eigenvalue weighted by atomic mass is 32.2. The molecule has 0 amide bonds. The maximum absolute atomic E-state index is 11.4. The second kappa shape index (κ2) is 11.8. The van der Waals surface area contributed by atoms with Gasteiger partial charge in [-0.1, -0.05) is 46.5 Å². The molecule has 0 saturated heterocycles. The van der Waals surface area contributed by atoms with E-state index in [2.05, 4.69) is 29.5 Å². The van der Waals surface area contributed by atoms with Crippen molar-refractivity contribution in [3.8, 4) is 0 Å². The van der Waals surface area contributed by atoms with Crippen molar-refractivity contribution in [3.05, 3.63) is 0 Å². The predicted molar refractivity (Wildman–Crippen MR) is 91.6 cm³/mol. The van der Waals surface area contributed by atoms with E-state index in [1.54, 1.807) is 14.0 Å². The Hall–Kier alpha value is -0.780. The fourth-order valence-corrected chi connectivity index (χ4v) is 2.63. The molecule has 0 aromatic heterocycles. The zero-order valence-corrected chi connectivity index (χ0v) is 14.9. The van der Waals surface area contributed by atoms with E-state index in [-0.39, 0.29) is 11.5 Å². The predicted octanol–water partition coefficient (Wildman–Crippen LogP) is 2.19. The number of unbranched alkanes of at least 4 members (excludes halogenated alkanes) is 3. The third-order valence-electron chi connectivity index (χ3n) is 3.37. The molecule has 0 atom stereocenters. The molecule has 0 aromatic carbocycles. The van der Waals surface area contributed by atoms with Gasteiger partial charge in [-0.3, -0.25) is 4.99 Å². The summed E-state index contributed by atoms with van der Waals surface area (Å²) in [6, 6.07) is 0. The van der Waals surface area contributed by atoms with Gasteiger partial charge in [-0.15, -0.1) is 0 Å². The first-order chi connectivity index (χ1) is 9.91. The van der Waals surface area contributed by atoms with Gasteiger partial charge < -0.3 is 10.6 Å². The van der Waals surface area contributed by atoms with Crippen molar-refractivity contribution in [2.45, 2.75) is 52.9 Å². The lowest BCUT2D eigenvalue weighted by Crippen LogP contribution is -2.40. The number of hydrogen-bond acceptors (Lipinski definition) is 3. The molecular formula is C15H33N3O2S. The van der Waals surface area contributed by atoms with E-state index in [9.17, 15) is 8.42 Å². The molecule has 0 bridgehead atoms. The van der Waals surface area contributed by atoms with Gasteiger partial charge in [-0.05, 0) is 12.3 Å². The standard InChI is InChI=1S/C15H33N3O2S/c1-5-21(19,20)13-12-18-15(16-4)17-11-9-7-6-8-10-14(2)3/h14H,5-13H2,1-4H3,(H2,16,17,18). The summed E-state index contributed by atoms with van der Waals surface area (Å²) in [5.74, 6) is 1.82. The molecule has 21 heavy (non-hydrogen) atoms. The fourth-order valence-electron chi connectivity index (χ4n) is 1.93. The van der Waals surface area contributed by atoms with Crippen LogP contribution in [0.25, 0.3) is 0 Å². The maximum atomic E-state index is 11.4. The molecule has 0 saturated carbocycles. The van der Waals surface area contributed by atoms with E-state index in [4.69, 9.17) is 0 Å². The van der Waals surface area contributed by atoms with Crippen molar-refractivity contribution in [1.29, 1.82) is 0 Å². The summed E-state index contributed by atoms with van der Waals surface area (Å²) in [7, 11) is -1.21. The normalized spacial score (nSPS) is 12.7. The summed E-state index contributed by atoms with van der Waals surface area (Å²) in [5, 5.41) is 6.25. The molecule has 6 heteroatoms. The topological polar surface area (TPSA) is 70.6 Å². The Bertz CT molecular complexity index is 378. The van der Waals surface area contributed by atoms with Crippen molar-refractivity contribution >= 4 is 15.8 Å². The zero-order valence-electron chi connectivity index (χ0n) is 14.1. The molecular weight excluding hydrogens is 286 g/mol. The summed E-state index contributed by atoms with van der Waals surface area (Å²) in [6.07, 6.45) is 6.23.